The van der Waals surface area contributed by atoms with Crippen LogP contribution in [0.5, 0.6) is 0 Å². The van der Waals surface area contributed by atoms with Crippen LogP contribution in [0, 0.1) is 30.5 Å². The summed E-state index contributed by atoms with van der Waals surface area (Å²) in [6, 6.07) is 1.36. The molecule has 1 aliphatic carbocycles. The van der Waals surface area contributed by atoms with Gasteiger partial charge in [0, 0.05) is 36.7 Å². The molecule has 1 aliphatic heterocycles. The second kappa shape index (κ2) is 6.65. The van der Waals surface area contributed by atoms with Gasteiger partial charge in [-0.15, -0.1) is 0 Å². The Morgan fingerprint density at radius 3 is 2.60 bits per heavy atom. The van der Waals surface area contributed by atoms with Crippen LogP contribution < -0.4 is 16.3 Å². The Hall–Kier alpha value is -3.22. The molecule has 10 heteroatoms. The maximum Gasteiger partial charge on any atom is 0.345 e. The van der Waals surface area contributed by atoms with Crippen molar-refractivity contribution in [2.24, 2.45) is 13.0 Å². The van der Waals surface area contributed by atoms with Crippen LogP contribution >= 0.6 is 0 Å². The number of benzene rings is 1. The van der Waals surface area contributed by atoms with E-state index in [9.17, 15) is 22.8 Å². The number of nitrogens with one attached hydrogen (secondary N) is 2. The van der Waals surface area contributed by atoms with Crippen LogP contribution in [-0.2, 0) is 19.1 Å². The van der Waals surface area contributed by atoms with Crippen LogP contribution in [0.2, 0.25) is 0 Å². The van der Waals surface area contributed by atoms with E-state index in [1.54, 1.807) is 6.92 Å². The normalized spacial score (nSPS) is 20.7. The van der Waals surface area contributed by atoms with E-state index in [4.69, 9.17) is 0 Å². The van der Waals surface area contributed by atoms with Crippen LogP contribution in [0.25, 0.3) is 0 Å². The summed E-state index contributed by atoms with van der Waals surface area (Å²) in [5.74, 6) is 1.42. The zero-order valence-corrected chi connectivity index (χ0v) is 16.6. The average molecular weight is 419 g/mol. The Morgan fingerprint density at radius 1 is 1.33 bits per heavy atom. The molecule has 0 radical (unpaired) electrons. The minimum atomic E-state index is -3.48. The predicted molar refractivity (Wildman–Crippen MR) is 103 cm³/mol. The van der Waals surface area contributed by atoms with Crippen molar-refractivity contribution in [3.8, 4) is 11.8 Å². The van der Waals surface area contributed by atoms with E-state index in [2.05, 4.69) is 27.6 Å². The smallest absolute Gasteiger partial charge is 0.312 e. The lowest BCUT2D eigenvalue weighted by molar-refractivity contribution is -0.0465. The molecule has 0 saturated heterocycles. The predicted octanol–water partition coefficient (Wildman–Crippen LogP) is 2.48. The quantitative estimate of drug-likeness (QED) is 0.750. The number of carbonyl (C=O) groups is 1. The molecule has 2 N–H and O–H groups in total. The second-order valence-corrected chi connectivity index (χ2v) is 7.79. The number of carbonyl (C=O) groups excluding carboxylic acids is 1. The van der Waals surface area contributed by atoms with E-state index in [-0.39, 0.29) is 29.3 Å². The third-order valence-electron chi connectivity index (χ3n) is 5.36. The van der Waals surface area contributed by atoms with E-state index in [1.165, 1.54) is 17.7 Å². The fourth-order valence-corrected chi connectivity index (χ4v) is 3.52. The van der Waals surface area contributed by atoms with Gasteiger partial charge < -0.3 is 10.6 Å². The Morgan fingerprint density at radius 2 is 2.03 bits per heavy atom. The maximum absolute atomic E-state index is 15.0. The molecule has 0 spiro atoms. The summed E-state index contributed by atoms with van der Waals surface area (Å²) in [6.07, 6.45) is 1.62. The first-order valence-corrected chi connectivity index (χ1v) is 9.45. The van der Waals surface area contributed by atoms with E-state index in [1.807, 2.05) is 0 Å². The summed E-state index contributed by atoms with van der Waals surface area (Å²) in [4.78, 5) is 24.4. The molecule has 2 heterocycles. The minimum absolute atomic E-state index is 0.00372. The molecule has 0 bridgehead atoms. The molecule has 158 valence electrons. The van der Waals surface area contributed by atoms with Gasteiger partial charge in [0.1, 0.15) is 11.6 Å². The molecular weight excluding hydrogens is 399 g/mol. The number of alkyl halides is 2. The van der Waals surface area contributed by atoms with Crippen molar-refractivity contribution < 1.29 is 18.0 Å². The molecule has 1 atom stereocenters. The van der Waals surface area contributed by atoms with E-state index >= 15 is 0 Å². The number of hydrogen-bond acceptors (Lipinski definition) is 3. The van der Waals surface area contributed by atoms with E-state index in [0.717, 1.165) is 23.6 Å². The van der Waals surface area contributed by atoms with Gasteiger partial charge in [-0.05, 0) is 31.9 Å². The number of rotatable bonds is 3. The van der Waals surface area contributed by atoms with Gasteiger partial charge in [0.15, 0.2) is 5.54 Å². The third-order valence-corrected chi connectivity index (χ3v) is 5.36. The Kier molecular flexibility index (Phi) is 4.45. The van der Waals surface area contributed by atoms with Crippen LogP contribution in [0.15, 0.2) is 16.9 Å². The van der Waals surface area contributed by atoms with Crippen molar-refractivity contribution in [2.45, 2.75) is 44.7 Å². The highest BCUT2D eigenvalue weighted by Crippen LogP contribution is 2.44. The van der Waals surface area contributed by atoms with Gasteiger partial charge in [0.2, 0.25) is 0 Å². The van der Waals surface area contributed by atoms with Crippen LogP contribution in [0.1, 0.15) is 36.7 Å². The molecule has 2 amide bonds. The van der Waals surface area contributed by atoms with Crippen LogP contribution in [0.4, 0.5) is 23.7 Å². The number of anilines is 1. The standard InChI is InChI=1S/C20H20F3N5O2/c1-11-26-27(3)18(30)28(11)10-13-8-16-14(9-15(13)21)20(19(2,22)23,25-17(29)24-16)7-6-12-4-5-12/h8-9,12H,4-5,10H2,1-3H3,(H2,24,25,29)/t20-/m0/s1. The van der Waals surface area contributed by atoms with Crippen molar-refractivity contribution >= 4 is 11.7 Å². The van der Waals surface area contributed by atoms with Crippen molar-refractivity contribution in [2.75, 3.05) is 5.32 Å². The number of hydrogen-bond donors (Lipinski definition) is 2. The maximum atomic E-state index is 15.0. The molecule has 2 aliphatic rings. The van der Waals surface area contributed by atoms with E-state index < -0.39 is 29.0 Å². The first-order valence-electron chi connectivity index (χ1n) is 9.45. The topological polar surface area (TPSA) is 81.0 Å². The Labute approximate surface area is 170 Å². The molecular formula is C20H20F3N5O2. The monoisotopic (exact) mass is 419 g/mol. The van der Waals surface area contributed by atoms with Gasteiger partial charge in [-0.2, -0.15) is 5.10 Å². The zero-order chi connectivity index (χ0) is 21.8. The number of fused-ring (bicyclic) bond motifs is 1. The van der Waals surface area contributed by atoms with Gasteiger partial charge in [-0.1, -0.05) is 11.8 Å². The molecule has 30 heavy (non-hydrogen) atoms. The van der Waals surface area contributed by atoms with Crippen molar-refractivity contribution in [1.82, 2.24) is 19.7 Å². The zero-order valence-electron chi connectivity index (χ0n) is 16.6. The first kappa shape index (κ1) is 20.1. The highest BCUT2D eigenvalue weighted by molar-refractivity contribution is 5.95. The van der Waals surface area contributed by atoms with Crippen molar-refractivity contribution in [3.63, 3.8) is 0 Å². The summed E-state index contributed by atoms with van der Waals surface area (Å²) in [6.45, 7) is 2.08. The van der Waals surface area contributed by atoms with Crippen molar-refractivity contribution in [1.29, 1.82) is 0 Å². The molecule has 4 rings (SSSR count). The molecule has 1 aromatic heterocycles. The van der Waals surface area contributed by atoms with Crippen LogP contribution in [0.3, 0.4) is 0 Å². The highest BCUT2D eigenvalue weighted by Gasteiger charge is 2.55. The molecule has 7 nitrogen and oxygen atoms in total. The fourth-order valence-electron chi connectivity index (χ4n) is 3.52. The Balaban J connectivity index is 1.85. The van der Waals surface area contributed by atoms with Gasteiger partial charge in [-0.3, -0.25) is 4.57 Å². The van der Waals surface area contributed by atoms with Gasteiger partial charge in [0.05, 0.1) is 6.54 Å². The average Bonchev–Trinajstić information content (AvgIpc) is 3.43. The molecule has 1 aromatic carbocycles. The molecule has 2 aromatic rings. The van der Waals surface area contributed by atoms with Gasteiger partial charge in [0.25, 0.3) is 5.92 Å². The summed E-state index contributed by atoms with van der Waals surface area (Å²) >= 11 is 0. The molecule has 0 unspecified atom stereocenters. The lowest BCUT2D eigenvalue weighted by Crippen LogP contribution is -2.59. The molecule has 1 saturated carbocycles. The summed E-state index contributed by atoms with van der Waals surface area (Å²) in [5, 5.41) is 8.66. The van der Waals surface area contributed by atoms with Crippen LogP contribution in [-0.4, -0.2) is 26.3 Å². The minimum Gasteiger partial charge on any atom is -0.312 e. The Bertz CT molecular complexity index is 1160. The lowest BCUT2D eigenvalue weighted by Gasteiger charge is -2.40. The third kappa shape index (κ3) is 3.24. The second-order valence-electron chi connectivity index (χ2n) is 7.79. The number of amides is 2. The number of aryl methyl sites for hydroxylation is 2. The SMILES string of the molecule is Cc1nn(C)c(=O)n1Cc1cc2c(cc1F)[C@@](C#CC1CC1)(C(C)(F)F)NC(=O)N2. The number of aromatic nitrogens is 3. The number of nitrogens with zero attached hydrogens (tertiary/aromatic N) is 3. The largest absolute Gasteiger partial charge is 0.345 e. The summed E-state index contributed by atoms with van der Waals surface area (Å²) in [5.41, 5.74) is -2.87. The van der Waals surface area contributed by atoms with E-state index in [0.29, 0.717) is 12.7 Å². The van der Waals surface area contributed by atoms with Gasteiger partial charge >= 0.3 is 11.7 Å². The van der Waals surface area contributed by atoms with Crippen molar-refractivity contribution in [3.05, 3.63) is 45.4 Å². The highest BCUT2D eigenvalue weighted by atomic mass is 19.3. The molecule has 1 fully saturated rings. The fraction of sp³-hybridized carbons (Fsp3) is 0.450. The summed E-state index contributed by atoms with van der Waals surface area (Å²) < 4.78 is 46.9. The summed E-state index contributed by atoms with van der Waals surface area (Å²) in [7, 11) is 1.47. The van der Waals surface area contributed by atoms with Gasteiger partial charge in [-0.25, -0.2) is 27.4 Å². The number of halogens is 3. The first-order chi connectivity index (χ1) is 14.0. The lowest BCUT2D eigenvalue weighted by atomic mass is 9.81. The number of urea groups is 1.